The highest BCUT2D eigenvalue weighted by molar-refractivity contribution is 7.89. The quantitative estimate of drug-likeness (QED) is 0.666. The molecule has 1 aromatic carbocycles. The fourth-order valence-corrected chi connectivity index (χ4v) is 5.00. The fraction of sp³-hybridized carbons (Fsp3) is 0.600. The van der Waals surface area contributed by atoms with Gasteiger partial charge in [-0.2, -0.15) is 4.31 Å². The van der Waals surface area contributed by atoms with Crippen LogP contribution < -0.4 is 0 Å². The number of morpholine rings is 1. The van der Waals surface area contributed by atoms with Crippen LogP contribution in [0.4, 0.5) is 0 Å². The van der Waals surface area contributed by atoms with Crippen molar-refractivity contribution in [3.05, 3.63) is 29.3 Å². The van der Waals surface area contributed by atoms with Gasteiger partial charge in [0.05, 0.1) is 23.7 Å². The van der Waals surface area contributed by atoms with Crippen molar-refractivity contribution in [3.8, 4) is 0 Å². The number of rotatable bonds is 5. The third kappa shape index (κ3) is 4.96. The van der Waals surface area contributed by atoms with E-state index in [1.54, 1.807) is 24.8 Å². The minimum atomic E-state index is -3.73. The van der Waals surface area contributed by atoms with Gasteiger partial charge in [0.2, 0.25) is 10.0 Å². The summed E-state index contributed by atoms with van der Waals surface area (Å²) in [7, 11) is -3.73. The lowest BCUT2D eigenvalue weighted by molar-refractivity contribution is -0.140. The lowest BCUT2D eigenvalue weighted by Gasteiger charge is -2.29. The van der Waals surface area contributed by atoms with Crippen molar-refractivity contribution < 1.29 is 27.5 Å². The van der Waals surface area contributed by atoms with Crippen LogP contribution in [0.2, 0.25) is 0 Å². The van der Waals surface area contributed by atoms with Gasteiger partial charge >= 0.3 is 5.97 Å². The maximum absolute atomic E-state index is 12.9. The molecule has 2 heterocycles. The highest BCUT2D eigenvalue weighted by Gasteiger charge is 2.29. The Bertz CT molecular complexity index is 858. The Balaban J connectivity index is 1.74. The first-order valence-electron chi connectivity index (χ1n) is 9.99. The lowest BCUT2D eigenvalue weighted by atomic mass is 10.1. The summed E-state index contributed by atoms with van der Waals surface area (Å²) < 4.78 is 37.7. The van der Waals surface area contributed by atoms with E-state index in [1.165, 1.54) is 16.4 Å². The van der Waals surface area contributed by atoms with E-state index in [4.69, 9.17) is 9.47 Å². The number of benzene rings is 1. The molecule has 0 unspecified atom stereocenters. The van der Waals surface area contributed by atoms with Gasteiger partial charge < -0.3 is 14.4 Å². The Kier molecular flexibility index (Phi) is 6.92. The molecule has 0 aromatic heterocycles. The number of aryl methyl sites for hydroxylation is 1. The number of piperidine rings is 1. The Hall–Kier alpha value is -1.97. The SMILES string of the molecule is Cc1ccc(S(=O)(=O)N2CCOCC2)cc1C(=O)O[C@@H](C)C(=O)N1CCCCC1. The summed E-state index contributed by atoms with van der Waals surface area (Å²) in [6.07, 6.45) is 2.08. The molecule has 1 atom stereocenters. The molecule has 29 heavy (non-hydrogen) atoms. The van der Waals surface area contributed by atoms with Gasteiger partial charge in [-0.05, 0) is 50.8 Å². The van der Waals surface area contributed by atoms with Gasteiger partial charge in [-0.15, -0.1) is 0 Å². The summed E-state index contributed by atoms with van der Waals surface area (Å²) in [4.78, 5) is 27.0. The molecule has 1 amide bonds. The average Bonchev–Trinajstić information content (AvgIpc) is 2.74. The van der Waals surface area contributed by atoms with Crippen LogP contribution in [0.15, 0.2) is 23.1 Å². The molecule has 2 aliphatic heterocycles. The number of hydrogen-bond donors (Lipinski definition) is 0. The van der Waals surface area contributed by atoms with Gasteiger partial charge in [-0.25, -0.2) is 13.2 Å². The van der Waals surface area contributed by atoms with Gasteiger partial charge in [0.1, 0.15) is 0 Å². The van der Waals surface area contributed by atoms with Crippen LogP contribution in [-0.4, -0.2) is 75.0 Å². The summed E-state index contributed by atoms with van der Waals surface area (Å²) >= 11 is 0. The number of carbonyl (C=O) groups is 2. The summed E-state index contributed by atoms with van der Waals surface area (Å²) in [5, 5.41) is 0. The van der Waals surface area contributed by atoms with E-state index in [0.717, 1.165) is 19.3 Å². The van der Waals surface area contributed by atoms with Gasteiger partial charge in [0, 0.05) is 26.2 Å². The second-order valence-corrected chi connectivity index (χ2v) is 9.36. The standard InChI is InChI=1S/C20H28N2O6S/c1-15-6-7-17(29(25,26)22-10-12-27-13-11-22)14-18(15)20(24)28-16(2)19(23)21-8-4-3-5-9-21/h6-7,14,16H,3-5,8-13H2,1-2H3/t16-/m0/s1. The number of ether oxygens (including phenoxy) is 2. The molecule has 0 radical (unpaired) electrons. The zero-order valence-electron chi connectivity index (χ0n) is 16.9. The van der Waals surface area contributed by atoms with E-state index in [1.807, 2.05) is 0 Å². The van der Waals surface area contributed by atoms with Crippen molar-refractivity contribution in [2.24, 2.45) is 0 Å². The van der Waals surface area contributed by atoms with Crippen molar-refractivity contribution in [1.29, 1.82) is 0 Å². The molecular weight excluding hydrogens is 396 g/mol. The van der Waals surface area contributed by atoms with Crippen LogP contribution >= 0.6 is 0 Å². The van der Waals surface area contributed by atoms with E-state index in [0.29, 0.717) is 31.9 Å². The summed E-state index contributed by atoms with van der Waals surface area (Å²) in [6, 6.07) is 4.40. The largest absolute Gasteiger partial charge is 0.449 e. The third-order valence-corrected chi connectivity index (χ3v) is 7.23. The van der Waals surface area contributed by atoms with E-state index >= 15 is 0 Å². The van der Waals surface area contributed by atoms with Crippen LogP contribution in [0.1, 0.15) is 42.1 Å². The first-order chi connectivity index (χ1) is 13.8. The Morgan fingerprint density at radius 1 is 1.07 bits per heavy atom. The molecular formula is C20H28N2O6S. The normalized spacial score (nSPS) is 19.6. The minimum Gasteiger partial charge on any atom is -0.449 e. The molecule has 0 spiro atoms. The van der Waals surface area contributed by atoms with Crippen molar-refractivity contribution >= 4 is 21.9 Å². The van der Waals surface area contributed by atoms with Crippen molar-refractivity contribution in [1.82, 2.24) is 9.21 Å². The molecule has 2 aliphatic rings. The Morgan fingerprint density at radius 2 is 1.72 bits per heavy atom. The van der Waals surface area contributed by atoms with E-state index in [-0.39, 0.29) is 29.5 Å². The number of carbonyl (C=O) groups excluding carboxylic acids is 2. The van der Waals surface area contributed by atoms with Gasteiger partial charge in [-0.3, -0.25) is 4.79 Å². The second kappa shape index (κ2) is 9.23. The molecule has 2 saturated heterocycles. The molecule has 2 fully saturated rings. The number of sulfonamides is 1. The third-order valence-electron chi connectivity index (χ3n) is 5.34. The van der Waals surface area contributed by atoms with Crippen LogP contribution in [0.3, 0.4) is 0 Å². The highest BCUT2D eigenvalue weighted by atomic mass is 32.2. The Labute approximate surface area is 171 Å². The van der Waals surface area contributed by atoms with Gasteiger partial charge in [0.15, 0.2) is 6.10 Å². The van der Waals surface area contributed by atoms with Crippen LogP contribution in [-0.2, 0) is 24.3 Å². The lowest BCUT2D eigenvalue weighted by Crippen LogP contribution is -2.42. The van der Waals surface area contributed by atoms with Crippen LogP contribution in [0.5, 0.6) is 0 Å². The van der Waals surface area contributed by atoms with Crippen molar-refractivity contribution in [3.63, 3.8) is 0 Å². The first kappa shape index (κ1) is 21.7. The monoisotopic (exact) mass is 424 g/mol. The van der Waals surface area contributed by atoms with E-state index in [2.05, 4.69) is 0 Å². The zero-order chi connectivity index (χ0) is 21.0. The average molecular weight is 425 g/mol. The van der Waals surface area contributed by atoms with Crippen molar-refractivity contribution in [2.75, 3.05) is 39.4 Å². The van der Waals surface area contributed by atoms with Crippen LogP contribution in [0, 0.1) is 6.92 Å². The number of esters is 1. The van der Waals surface area contributed by atoms with E-state index < -0.39 is 22.1 Å². The smallest absolute Gasteiger partial charge is 0.339 e. The zero-order valence-corrected chi connectivity index (χ0v) is 17.7. The van der Waals surface area contributed by atoms with Crippen LogP contribution in [0.25, 0.3) is 0 Å². The maximum Gasteiger partial charge on any atom is 0.339 e. The molecule has 0 bridgehead atoms. The molecule has 9 heteroatoms. The molecule has 0 saturated carbocycles. The van der Waals surface area contributed by atoms with Gasteiger partial charge in [-0.1, -0.05) is 6.07 Å². The number of amides is 1. The molecule has 3 rings (SSSR count). The summed E-state index contributed by atoms with van der Waals surface area (Å²) in [5.41, 5.74) is 0.742. The van der Waals surface area contributed by atoms with E-state index in [9.17, 15) is 18.0 Å². The molecule has 8 nitrogen and oxygen atoms in total. The second-order valence-electron chi connectivity index (χ2n) is 7.43. The predicted molar refractivity (Wildman–Crippen MR) is 106 cm³/mol. The molecule has 1 aromatic rings. The summed E-state index contributed by atoms with van der Waals surface area (Å²) in [6.45, 7) is 5.85. The molecule has 0 aliphatic carbocycles. The summed E-state index contributed by atoms with van der Waals surface area (Å²) in [5.74, 6) is -0.910. The fourth-order valence-electron chi connectivity index (χ4n) is 3.56. The topological polar surface area (TPSA) is 93.2 Å². The predicted octanol–water partition coefficient (Wildman–Crippen LogP) is 1.57. The Morgan fingerprint density at radius 3 is 2.38 bits per heavy atom. The first-order valence-corrected chi connectivity index (χ1v) is 11.4. The van der Waals surface area contributed by atoms with Gasteiger partial charge in [0.25, 0.3) is 5.91 Å². The maximum atomic E-state index is 12.9. The number of hydrogen-bond acceptors (Lipinski definition) is 6. The highest BCUT2D eigenvalue weighted by Crippen LogP contribution is 2.22. The molecule has 160 valence electrons. The van der Waals surface area contributed by atoms with Crippen molar-refractivity contribution in [2.45, 2.75) is 44.1 Å². The minimum absolute atomic E-state index is 0.0342. The number of nitrogens with zero attached hydrogens (tertiary/aromatic N) is 2. The number of likely N-dealkylation sites (tertiary alicyclic amines) is 1. The molecule has 0 N–H and O–H groups in total.